The standard InChI is InChI=1S/C14H11BrN2O4S/c1-8-10(15)3-4-11(13(8)17(19)20)22-12-7-16-6-5-9(12)14(18)21-2/h3-7H,1-2H3. The van der Waals surface area contributed by atoms with Gasteiger partial charge >= 0.3 is 5.97 Å². The van der Waals surface area contributed by atoms with Crippen molar-refractivity contribution in [2.24, 2.45) is 0 Å². The van der Waals surface area contributed by atoms with E-state index in [1.54, 1.807) is 19.1 Å². The van der Waals surface area contributed by atoms with E-state index in [1.165, 1.54) is 25.6 Å². The molecule has 0 unspecified atom stereocenters. The molecule has 0 saturated carbocycles. The predicted molar refractivity (Wildman–Crippen MR) is 85.2 cm³/mol. The number of nitrogens with zero attached hydrogens (tertiary/aromatic N) is 2. The van der Waals surface area contributed by atoms with E-state index in [-0.39, 0.29) is 5.69 Å². The third-order valence-electron chi connectivity index (χ3n) is 2.92. The Labute approximate surface area is 139 Å². The second-order valence-electron chi connectivity index (χ2n) is 4.24. The summed E-state index contributed by atoms with van der Waals surface area (Å²) in [6.45, 7) is 1.66. The number of nitro benzene ring substituents is 1. The van der Waals surface area contributed by atoms with Crippen LogP contribution >= 0.6 is 27.7 Å². The van der Waals surface area contributed by atoms with E-state index in [9.17, 15) is 14.9 Å². The first kappa shape index (κ1) is 16.4. The van der Waals surface area contributed by atoms with Gasteiger partial charge in [-0.3, -0.25) is 15.1 Å². The Balaban J connectivity index is 2.51. The molecule has 114 valence electrons. The second-order valence-corrected chi connectivity index (χ2v) is 6.18. The van der Waals surface area contributed by atoms with Crippen LogP contribution in [0.15, 0.2) is 44.9 Å². The number of benzene rings is 1. The number of nitro groups is 1. The van der Waals surface area contributed by atoms with Crippen molar-refractivity contribution in [1.82, 2.24) is 4.98 Å². The van der Waals surface area contributed by atoms with Crippen LogP contribution in [-0.2, 0) is 4.74 Å². The minimum atomic E-state index is -0.513. The van der Waals surface area contributed by atoms with Crippen molar-refractivity contribution in [3.05, 3.63) is 56.3 Å². The van der Waals surface area contributed by atoms with Gasteiger partial charge in [0.2, 0.25) is 0 Å². The average Bonchev–Trinajstić information content (AvgIpc) is 2.50. The van der Waals surface area contributed by atoms with E-state index >= 15 is 0 Å². The van der Waals surface area contributed by atoms with Gasteiger partial charge in [0.25, 0.3) is 5.69 Å². The topological polar surface area (TPSA) is 82.3 Å². The van der Waals surface area contributed by atoms with Crippen molar-refractivity contribution < 1.29 is 14.5 Å². The summed E-state index contributed by atoms with van der Waals surface area (Å²) in [5.74, 6) is -0.513. The molecule has 0 spiro atoms. The molecule has 22 heavy (non-hydrogen) atoms. The van der Waals surface area contributed by atoms with Crippen LogP contribution in [0.5, 0.6) is 0 Å². The zero-order chi connectivity index (χ0) is 16.3. The van der Waals surface area contributed by atoms with Crippen LogP contribution in [0.1, 0.15) is 15.9 Å². The van der Waals surface area contributed by atoms with E-state index in [2.05, 4.69) is 20.9 Å². The summed E-state index contributed by atoms with van der Waals surface area (Å²) in [4.78, 5) is 27.5. The Kier molecular flexibility index (Phi) is 5.15. The molecule has 1 aromatic heterocycles. The minimum Gasteiger partial charge on any atom is -0.465 e. The molecular formula is C14H11BrN2O4S. The molecular weight excluding hydrogens is 372 g/mol. The smallest absolute Gasteiger partial charge is 0.339 e. The lowest BCUT2D eigenvalue weighted by Crippen LogP contribution is -2.03. The number of rotatable bonds is 4. The summed E-state index contributed by atoms with van der Waals surface area (Å²) < 4.78 is 5.37. The van der Waals surface area contributed by atoms with Gasteiger partial charge < -0.3 is 4.74 Å². The quantitative estimate of drug-likeness (QED) is 0.451. The molecule has 6 nitrogen and oxygen atoms in total. The molecule has 2 rings (SSSR count). The Morgan fingerprint density at radius 3 is 2.73 bits per heavy atom. The highest BCUT2D eigenvalue weighted by molar-refractivity contribution is 9.10. The summed E-state index contributed by atoms with van der Waals surface area (Å²) in [6.07, 6.45) is 2.95. The number of carbonyl (C=O) groups is 1. The van der Waals surface area contributed by atoms with E-state index < -0.39 is 10.9 Å². The van der Waals surface area contributed by atoms with Gasteiger partial charge in [-0.05, 0) is 25.1 Å². The van der Waals surface area contributed by atoms with Crippen LogP contribution in [0, 0.1) is 17.0 Å². The monoisotopic (exact) mass is 382 g/mol. The normalized spacial score (nSPS) is 10.3. The first-order valence-corrected chi connectivity index (χ1v) is 7.70. The fourth-order valence-electron chi connectivity index (χ4n) is 1.82. The molecule has 0 aliphatic heterocycles. The second kappa shape index (κ2) is 6.89. The van der Waals surface area contributed by atoms with Crippen LogP contribution in [0.3, 0.4) is 0 Å². The number of esters is 1. The molecule has 0 aliphatic rings. The van der Waals surface area contributed by atoms with Crippen LogP contribution < -0.4 is 0 Å². The molecule has 0 saturated heterocycles. The number of aromatic nitrogens is 1. The van der Waals surface area contributed by atoms with Gasteiger partial charge in [0.15, 0.2) is 0 Å². The Morgan fingerprint density at radius 2 is 2.09 bits per heavy atom. The number of ether oxygens (including phenoxy) is 1. The zero-order valence-corrected chi connectivity index (χ0v) is 14.1. The average molecular weight is 383 g/mol. The highest BCUT2D eigenvalue weighted by Crippen LogP contribution is 2.40. The van der Waals surface area contributed by atoms with Crippen molar-refractivity contribution >= 4 is 39.3 Å². The maximum atomic E-state index is 11.8. The van der Waals surface area contributed by atoms with Gasteiger partial charge in [0, 0.05) is 27.3 Å². The predicted octanol–water partition coefficient (Wildman–Crippen LogP) is 4.00. The van der Waals surface area contributed by atoms with Gasteiger partial charge in [-0.15, -0.1) is 0 Å². The molecule has 8 heteroatoms. The summed E-state index contributed by atoms with van der Waals surface area (Å²) in [5.41, 5.74) is 0.843. The fourth-order valence-corrected chi connectivity index (χ4v) is 3.21. The van der Waals surface area contributed by atoms with Crippen molar-refractivity contribution in [3.63, 3.8) is 0 Å². The summed E-state index contributed by atoms with van der Waals surface area (Å²) >= 11 is 4.39. The molecule has 0 amide bonds. The van der Waals surface area contributed by atoms with Crippen molar-refractivity contribution in [2.75, 3.05) is 7.11 Å². The van der Waals surface area contributed by atoms with Gasteiger partial charge in [0.1, 0.15) is 0 Å². The Bertz CT molecular complexity index is 752. The van der Waals surface area contributed by atoms with Crippen LogP contribution in [-0.4, -0.2) is 23.0 Å². The first-order chi connectivity index (χ1) is 10.5. The zero-order valence-electron chi connectivity index (χ0n) is 11.7. The Hall–Kier alpha value is -1.93. The number of hydrogen-bond acceptors (Lipinski definition) is 6. The van der Waals surface area contributed by atoms with Crippen molar-refractivity contribution in [2.45, 2.75) is 16.7 Å². The highest BCUT2D eigenvalue weighted by Gasteiger charge is 2.22. The Morgan fingerprint density at radius 1 is 1.36 bits per heavy atom. The number of methoxy groups -OCH3 is 1. The molecule has 0 radical (unpaired) electrons. The maximum Gasteiger partial charge on any atom is 0.339 e. The third-order valence-corrected chi connectivity index (χ3v) is 4.87. The molecule has 0 fully saturated rings. The van der Waals surface area contributed by atoms with Crippen molar-refractivity contribution in [3.8, 4) is 0 Å². The number of pyridine rings is 1. The molecule has 2 aromatic rings. The lowest BCUT2D eigenvalue weighted by Gasteiger charge is -2.09. The van der Waals surface area contributed by atoms with Crippen LogP contribution in [0.2, 0.25) is 0 Å². The SMILES string of the molecule is COC(=O)c1ccncc1Sc1ccc(Br)c(C)c1[N+](=O)[O-]. The van der Waals surface area contributed by atoms with E-state index in [4.69, 9.17) is 4.74 Å². The molecule has 0 aliphatic carbocycles. The molecule has 1 heterocycles. The largest absolute Gasteiger partial charge is 0.465 e. The van der Waals surface area contributed by atoms with Gasteiger partial charge in [-0.25, -0.2) is 4.79 Å². The molecule has 0 N–H and O–H groups in total. The third kappa shape index (κ3) is 3.28. The lowest BCUT2D eigenvalue weighted by molar-refractivity contribution is -0.388. The number of halogens is 1. The molecule has 0 bridgehead atoms. The van der Waals surface area contributed by atoms with Crippen molar-refractivity contribution in [1.29, 1.82) is 0 Å². The van der Waals surface area contributed by atoms with E-state index in [1.807, 2.05) is 0 Å². The number of hydrogen-bond donors (Lipinski definition) is 0. The number of carbonyl (C=O) groups excluding carboxylic acids is 1. The van der Waals surface area contributed by atoms with Gasteiger partial charge in [-0.2, -0.15) is 0 Å². The molecule has 1 aromatic carbocycles. The summed E-state index contributed by atoms with van der Waals surface area (Å²) in [6, 6.07) is 4.89. The van der Waals surface area contributed by atoms with E-state index in [0.29, 0.717) is 25.4 Å². The lowest BCUT2D eigenvalue weighted by atomic mass is 10.2. The van der Waals surface area contributed by atoms with Crippen LogP contribution in [0.4, 0.5) is 5.69 Å². The fraction of sp³-hybridized carbons (Fsp3) is 0.143. The van der Waals surface area contributed by atoms with E-state index in [0.717, 1.165) is 11.8 Å². The first-order valence-electron chi connectivity index (χ1n) is 6.09. The molecule has 0 atom stereocenters. The van der Waals surface area contributed by atoms with Gasteiger partial charge in [0.05, 0.1) is 22.5 Å². The van der Waals surface area contributed by atoms with Gasteiger partial charge in [-0.1, -0.05) is 27.7 Å². The summed E-state index contributed by atoms with van der Waals surface area (Å²) in [5, 5.41) is 11.3. The van der Waals surface area contributed by atoms with Crippen LogP contribution in [0.25, 0.3) is 0 Å². The summed E-state index contributed by atoms with van der Waals surface area (Å²) in [7, 11) is 1.28. The highest BCUT2D eigenvalue weighted by atomic mass is 79.9. The minimum absolute atomic E-state index is 0.000885. The maximum absolute atomic E-state index is 11.8.